The molecule has 0 aliphatic rings. The number of hydrogen-bond donors (Lipinski definition) is 0. The molecule has 0 fully saturated rings. The van der Waals surface area contributed by atoms with Gasteiger partial charge in [-0.05, 0) is 0 Å². The summed E-state index contributed by atoms with van der Waals surface area (Å²) in [6.07, 6.45) is 0. The Kier molecular flexibility index (Phi) is 211. The van der Waals surface area contributed by atoms with Crippen LogP contribution in [0.1, 0.15) is 167 Å². The first-order valence-corrected chi connectivity index (χ1v) is 0. The predicted molar refractivity (Wildman–Crippen MR) is 108 cm³/mol. The van der Waals surface area contributed by atoms with Crippen molar-refractivity contribution in [3.05, 3.63) is 0 Å². The van der Waals surface area contributed by atoms with Gasteiger partial charge in [0, 0.05) is 289 Å². The van der Waals surface area contributed by atoms with Gasteiger partial charge in [-0.25, -0.2) is 0 Å². The van der Waals surface area contributed by atoms with Gasteiger partial charge >= 0.3 is 0 Å². The maximum Gasteiger partial charge on any atom is 0.0194 e. The van der Waals surface area contributed by atoms with Crippen molar-refractivity contribution in [1.29, 1.82) is 0 Å². The second-order valence-electron chi connectivity index (χ2n) is 0. The molecule has 0 aliphatic heterocycles. The molecule has 22 heavy (non-hydrogen) atoms. The minimum absolute atomic E-state index is 0. The van der Waals surface area contributed by atoms with E-state index in [1.807, 2.05) is 0 Å². The van der Waals surface area contributed by atoms with Gasteiger partial charge in [-0.15, -0.1) is 0 Å². The summed E-state index contributed by atoms with van der Waals surface area (Å²) in [5.41, 5.74) is 0. The molecule has 0 nitrogen and oxygen atoms in total. The molecule has 0 aliphatic carbocycles. The van der Waals surface area contributed by atoms with Gasteiger partial charge in [-0.3, -0.25) is 0 Å². The average molecular weight is 1690 g/mol. The van der Waals surface area contributed by atoms with E-state index in [9.17, 15) is 0 Å². The Labute approximate surface area is 399 Å². The third-order valence-corrected chi connectivity index (χ3v) is 0. The zero-order valence-electron chi connectivity index (χ0n) is 43.5. The molecule has 0 radical (unpaired) electrons. The molecule has 0 rings (SSSR count). The molecule has 0 aromatic carbocycles. The Morgan fingerprint density at radius 1 is 0.227 bits per heavy atom. The summed E-state index contributed by atoms with van der Waals surface area (Å²) in [6, 6.07) is 0. The van der Waals surface area contributed by atoms with Crippen LogP contribution in [0.3, 0.4) is 0 Å². The van der Waals surface area contributed by atoms with Crippen molar-refractivity contribution in [2.75, 3.05) is 0 Å². The SMILES string of the molecule is C.C.C.C.C.C.C.[2H]C([2H])([2H])[2H].[2H]C([2H])([2H])[2H].[2H]C([2H])([2H])[2H].[2H]C([2H])([2H])[2H].[2H]C([2H])([2H])[2H].[2H]C([2H])([2H])[2H].[2H]C([2H])([2H])[2H].[2H]C([2H])([2H])[2H].[2H]C([2H])([2H])[2H].[Th].[Th].[Th].[Th].[Th].[Th]. The Morgan fingerprint density at radius 3 is 0.227 bits per heavy atom. The fraction of sp³-hybridized carbons (Fsp3) is 1.00. The van der Waals surface area contributed by atoms with Crippen molar-refractivity contribution in [2.45, 2.75) is 118 Å². The Hall–Kier alpha value is 7.95. The minimum Gasteiger partial charge on any atom is -0.0776 e. The van der Waals surface area contributed by atoms with Gasteiger partial charge in [0.05, 0.1) is 0 Å². The molecule has 0 bridgehead atoms. The topological polar surface area (TPSA) is 0 Å². The van der Waals surface area contributed by atoms with E-state index in [0.29, 0.717) is 0 Å². The van der Waals surface area contributed by atoms with Crippen LogP contribution in [0.15, 0.2) is 0 Å². The Morgan fingerprint density at radius 2 is 0.227 bits per heavy atom. The molecular formula is C16H64Th6. The van der Waals surface area contributed by atoms with Crippen LogP contribution < -0.4 is 0 Å². The zero-order valence-corrected chi connectivity index (χ0v) is 32.2. The molecule has 0 saturated carbocycles. The monoisotopic (exact) mass is 1680 g/mol. The summed E-state index contributed by atoms with van der Waals surface area (Å²) in [5, 5.41) is 0. The molecule has 0 unspecified atom stereocenters. The second-order valence-corrected chi connectivity index (χ2v) is 0. The van der Waals surface area contributed by atoms with Crippen molar-refractivity contribution in [1.82, 2.24) is 0 Å². The van der Waals surface area contributed by atoms with Crippen LogP contribution in [0.4, 0.5) is 0 Å². The van der Waals surface area contributed by atoms with Crippen LogP contribution in [0.25, 0.3) is 0 Å². The smallest absolute Gasteiger partial charge is 0.0194 e. The van der Waals surface area contributed by atoms with E-state index >= 15 is 0 Å². The van der Waals surface area contributed by atoms with E-state index in [4.69, 9.17) is 49.3 Å². The molecule has 0 amide bonds. The van der Waals surface area contributed by atoms with E-state index in [2.05, 4.69) is 0 Å². The van der Waals surface area contributed by atoms with Crippen LogP contribution in [0, 0.1) is 240 Å². The largest absolute Gasteiger partial charge is 0.0776 e. The summed E-state index contributed by atoms with van der Waals surface area (Å²) in [7, 11) is -22.5. The molecule has 0 heterocycles. The van der Waals surface area contributed by atoms with E-state index in [-0.39, 0.29) is 292 Å². The maximum absolute atomic E-state index is 5.94. The minimum atomic E-state index is -2.50. The number of hydrogen-bond acceptors (Lipinski definition) is 0. The Balaban J connectivity index is -0.0000000122. The van der Waals surface area contributed by atoms with Crippen molar-refractivity contribution in [2.24, 2.45) is 0 Å². The molecule has 0 spiro atoms. The van der Waals surface area contributed by atoms with Crippen LogP contribution in [0.5, 0.6) is 0 Å². The van der Waals surface area contributed by atoms with Crippen LogP contribution >= 0.6 is 0 Å². The van der Waals surface area contributed by atoms with Crippen molar-refractivity contribution < 1.29 is 289 Å². The van der Waals surface area contributed by atoms with Crippen molar-refractivity contribution in [3.63, 3.8) is 0 Å². The molecule has 0 atom stereocenters. The fourth-order valence-electron chi connectivity index (χ4n) is 0. The van der Waals surface area contributed by atoms with Crippen LogP contribution in [-0.4, -0.2) is 0 Å². The van der Waals surface area contributed by atoms with Crippen LogP contribution in [-0.2, 0) is 0 Å². The average Bonchev–Trinajstić information content (AvgIpc) is 2.26. The molecule has 0 N–H and O–H groups in total. The third kappa shape index (κ3) is 321. The summed E-state index contributed by atoms with van der Waals surface area (Å²) >= 11 is 0. The summed E-state index contributed by atoms with van der Waals surface area (Å²) < 4.78 is 214. The zero-order chi connectivity index (χ0) is 40.5. The predicted octanol–water partition coefficient (Wildman–Crippen LogP) is 10.2. The Bertz CT molecular complexity index is 385. The van der Waals surface area contributed by atoms with E-state index in [1.54, 1.807) is 0 Å². The van der Waals surface area contributed by atoms with Crippen molar-refractivity contribution >= 4 is 0 Å². The molecule has 0 saturated heterocycles. The molecule has 0 aromatic heterocycles. The van der Waals surface area contributed by atoms with Gasteiger partial charge < -0.3 is 0 Å². The van der Waals surface area contributed by atoms with E-state index < -0.39 is 66.0 Å². The summed E-state index contributed by atoms with van der Waals surface area (Å²) in [4.78, 5) is 0. The van der Waals surface area contributed by atoms with Crippen molar-refractivity contribution in [3.8, 4) is 0 Å². The van der Waals surface area contributed by atoms with Gasteiger partial charge in [-0.2, -0.15) is 0 Å². The standard InChI is InChI=1S/16CH4.6Th/h16*1H4;;;;;;/i9*1D4;;;;;;;;;;;;;. The second kappa shape index (κ2) is 358. The first-order valence-electron chi connectivity index (χ1n) is 18.0. The maximum atomic E-state index is 5.94. The molecule has 0 aromatic rings. The fourth-order valence-corrected chi connectivity index (χ4v) is 0. The first kappa shape index (κ1) is 13.0. The first-order chi connectivity index (χ1) is 18.0. The normalized spacial score (nSPS) is 26.2. The molecule has 6 heteroatoms. The van der Waals surface area contributed by atoms with Gasteiger partial charge in [0.25, 0.3) is 0 Å². The van der Waals surface area contributed by atoms with Gasteiger partial charge in [-0.1, -0.05) is 118 Å². The van der Waals surface area contributed by atoms with Gasteiger partial charge in [0.2, 0.25) is 0 Å². The molecular weight excluding hydrogens is 1580 g/mol. The molecule has 152 valence electrons. The quantitative estimate of drug-likeness (QED) is 0.227. The van der Waals surface area contributed by atoms with Gasteiger partial charge in [0.15, 0.2) is 0 Å². The van der Waals surface area contributed by atoms with E-state index in [1.165, 1.54) is 0 Å². The van der Waals surface area contributed by atoms with Crippen LogP contribution in [0.2, 0.25) is 0 Å². The van der Waals surface area contributed by atoms with E-state index in [0.717, 1.165) is 0 Å². The third-order valence-electron chi connectivity index (χ3n) is 0. The van der Waals surface area contributed by atoms with Gasteiger partial charge in [0.1, 0.15) is 0 Å². The number of rotatable bonds is 0. The summed E-state index contributed by atoms with van der Waals surface area (Å²) in [6.45, 7) is 0. The summed E-state index contributed by atoms with van der Waals surface area (Å²) in [5.74, 6) is 0.